The smallest absolute Gasteiger partial charge is 0.407 e. The Balaban J connectivity index is 2.38. The van der Waals surface area contributed by atoms with Gasteiger partial charge in [-0.05, 0) is 20.8 Å². The third-order valence-corrected chi connectivity index (χ3v) is 3.12. The van der Waals surface area contributed by atoms with Gasteiger partial charge in [0.15, 0.2) is 4.88 Å². The van der Waals surface area contributed by atoms with Crippen molar-refractivity contribution in [1.82, 2.24) is 5.32 Å². The Labute approximate surface area is 125 Å². The van der Waals surface area contributed by atoms with Crippen molar-refractivity contribution >= 4 is 35.0 Å². The number of carboxylic acid groups (broad SMARTS) is 1. The molecule has 20 heavy (non-hydrogen) atoms. The van der Waals surface area contributed by atoms with Gasteiger partial charge in [-0.25, -0.2) is 9.59 Å². The fraction of sp³-hybridized carbons (Fsp3) is 0.500. The van der Waals surface area contributed by atoms with E-state index < -0.39 is 17.7 Å². The van der Waals surface area contributed by atoms with Gasteiger partial charge in [0.1, 0.15) is 18.0 Å². The van der Waals surface area contributed by atoms with E-state index in [4.69, 9.17) is 26.2 Å². The molecule has 1 amide bonds. The van der Waals surface area contributed by atoms with Crippen LogP contribution in [0.5, 0.6) is 5.75 Å². The van der Waals surface area contributed by atoms with E-state index in [1.165, 1.54) is 6.07 Å². The quantitative estimate of drug-likeness (QED) is 0.814. The minimum absolute atomic E-state index is 0.0345. The Morgan fingerprint density at radius 3 is 2.65 bits per heavy atom. The second kappa shape index (κ2) is 6.81. The van der Waals surface area contributed by atoms with Crippen LogP contribution in [0.15, 0.2) is 6.07 Å². The molecule has 0 aliphatic carbocycles. The van der Waals surface area contributed by atoms with Crippen LogP contribution in [0.4, 0.5) is 4.79 Å². The number of rotatable bonds is 5. The minimum atomic E-state index is -1.10. The normalized spacial score (nSPS) is 11.0. The van der Waals surface area contributed by atoms with E-state index in [-0.39, 0.29) is 23.8 Å². The highest BCUT2D eigenvalue weighted by Crippen LogP contribution is 2.32. The average molecular weight is 322 g/mol. The van der Waals surface area contributed by atoms with Crippen molar-refractivity contribution in [2.45, 2.75) is 26.4 Å². The van der Waals surface area contributed by atoms with Crippen molar-refractivity contribution in [2.24, 2.45) is 0 Å². The number of ether oxygens (including phenoxy) is 2. The van der Waals surface area contributed by atoms with Crippen molar-refractivity contribution < 1.29 is 24.2 Å². The molecule has 1 aromatic heterocycles. The van der Waals surface area contributed by atoms with Crippen molar-refractivity contribution in [2.75, 3.05) is 13.2 Å². The van der Waals surface area contributed by atoms with Crippen molar-refractivity contribution in [3.05, 3.63) is 15.3 Å². The van der Waals surface area contributed by atoms with E-state index in [2.05, 4.69) is 5.32 Å². The Morgan fingerprint density at radius 1 is 1.45 bits per heavy atom. The lowest BCUT2D eigenvalue weighted by Crippen LogP contribution is -2.34. The van der Waals surface area contributed by atoms with Gasteiger partial charge in [0.25, 0.3) is 0 Å². The number of alkyl carbamates (subject to hydrolysis) is 1. The molecular weight excluding hydrogens is 306 g/mol. The van der Waals surface area contributed by atoms with E-state index in [0.717, 1.165) is 11.3 Å². The zero-order valence-corrected chi connectivity index (χ0v) is 12.9. The molecule has 112 valence electrons. The van der Waals surface area contributed by atoms with Crippen LogP contribution in [0.1, 0.15) is 30.4 Å². The molecular formula is C12H16ClNO5S. The Hall–Kier alpha value is -1.47. The number of carboxylic acids is 1. The van der Waals surface area contributed by atoms with Crippen molar-refractivity contribution in [3.8, 4) is 5.75 Å². The minimum Gasteiger partial charge on any atom is -0.490 e. The molecule has 6 nitrogen and oxygen atoms in total. The van der Waals surface area contributed by atoms with Gasteiger partial charge < -0.3 is 19.9 Å². The topological polar surface area (TPSA) is 84.9 Å². The lowest BCUT2D eigenvalue weighted by Gasteiger charge is -2.19. The number of hydrogen-bond acceptors (Lipinski definition) is 5. The molecule has 0 fully saturated rings. The van der Waals surface area contributed by atoms with E-state index in [0.29, 0.717) is 4.34 Å². The first-order valence-electron chi connectivity index (χ1n) is 5.81. The van der Waals surface area contributed by atoms with Crippen molar-refractivity contribution in [3.63, 3.8) is 0 Å². The third-order valence-electron chi connectivity index (χ3n) is 1.89. The standard InChI is InChI=1S/C12H16ClNO5S/c1-12(2,3)19-11(17)14-4-5-18-7-6-8(13)20-9(7)10(15)16/h6H,4-5H2,1-3H3,(H,14,17)(H,15,16). The lowest BCUT2D eigenvalue weighted by molar-refractivity contribution is 0.0518. The summed E-state index contributed by atoms with van der Waals surface area (Å²) in [7, 11) is 0. The summed E-state index contributed by atoms with van der Waals surface area (Å²) < 4.78 is 10.6. The van der Waals surface area contributed by atoms with Gasteiger partial charge in [-0.15, -0.1) is 11.3 Å². The van der Waals surface area contributed by atoms with Gasteiger partial charge in [-0.1, -0.05) is 11.6 Å². The molecule has 1 rings (SSSR count). The highest BCUT2D eigenvalue weighted by molar-refractivity contribution is 7.18. The summed E-state index contributed by atoms with van der Waals surface area (Å²) in [5.74, 6) is -0.907. The maximum Gasteiger partial charge on any atom is 0.407 e. The molecule has 1 aromatic rings. The van der Waals surface area contributed by atoms with E-state index in [1.807, 2.05) is 0 Å². The van der Waals surface area contributed by atoms with Crippen LogP contribution in [-0.4, -0.2) is 35.9 Å². The summed E-state index contributed by atoms with van der Waals surface area (Å²) >= 11 is 6.65. The molecule has 0 radical (unpaired) electrons. The number of amides is 1. The van der Waals surface area contributed by atoms with Crippen LogP contribution in [0.2, 0.25) is 4.34 Å². The second-order valence-electron chi connectivity index (χ2n) is 4.83. The van der Waals surface area contributed by atoms with E-state index >= 15 is 0 Å². The molecule has 8 heteroatoms. The Morgan fingerprint density at radius 2 is 2.10 bits per heavy atom. The molecule has 0 aliphatic rings. The molecule has 0 saturated carbocycles. The summed E-state index contributed by atoms with van der Waals surface area (Å²) in [6, 6.07) is 1.43. The summed E-state index contributed by atoms with van der Waals surface area (Å²) in [4.78, 5) is 22.3. The summed E-state index contributed by atoms with van der Waals surface area (Å²) in [5, 5.41) is 11.4. The number of nitrogens with one attached hydrogen (secondary N) is 1. The van der Waals surface area contributed by atoms with Crippen LogP contribution < -0.4 is 10.1 Å². The van der Waals surface area contributed by atoms with Crippen LogP contribution in [0.25, 0.3) is 0 Å². The molecule has 2 N–H and O–H groups in total. The van der Waals surface area contributed by atoms with Crippen LogP contribution >= 0.6 is 22.9 Å². The molecule has 0 bridgehead atoms. The first kappa shape index (κ1) is 16.6. The van der Waals surface area contributed by atoms with Crippen molar-refractivity contribution in [1.29, 1.82) is 0 Å². The van der Waals surface area contributed by atoms with E-state index in [9.17, 15) is 9.59 Å². The fourth-order valence-electron chi connectivity index (χ4n) is 1.23. The Kier molecular flexibility index (Phi) is 5.64. The molecule has 0 saturated heterocycles. The second-order valence-corrected chi connectivity index (χ2v) is 6.51. The molecule has 1 heterocycles. The number of carbonyl (C=O) groups excluding carboxylic acids is 1. The highest BCUT2D eigenvalue weighted by atomic mass is 35.5. The largest absolute Gasteiger partial charge is 0.490 e. The maximum absolute atomic E-state index is 11.3. The summed E-state index contributed by atoms with van der Waals surface area (Å²) in [6.45, 7) is 5.59. The first-order chi connectivity index (χ1) is 9.19. The van der Waals surface area contributed by atoms with Gasteiger partial charge >= 0.3 is 12.1 Å². The number of carbonyl (C=O) groups is 2. The average Bonchev–Trinajstić information content (AvgIpc) is 2.63. The van der Waals surface area contributed by atoms with Crippen LogP contribution in [0.3, 0.4) is 0 Å². The van der Waals surface area contributed by atoms with Crippen LogP contribution in [-0.2, 0) is 4.74 Å². The number of thiophene rings is 1. The fourth-order valence-corrected chi connectivity index (χ4v) is 2.23. The molecule has 0 aromatic carbocycles. The van der Waals surface area contributed by atoms with Gasteiger partial charge in [-0.3, -0.25) is 0 Å². The van der Waals surface area contributed by atoms with Gasteiger partial charge in [-0.2, -0.15) is 0 Å². The maximum atomic E-state index is 11.3. The number of aromatic carboxylic acids is 1. The van der Waals surface area contributed by atoms with Gasteiger partial charge in [0.2, 0.25) is 0 Å². The third kappa shape index (κ3) is 5.66. The monoisotopic (exact) mass is 321 g/mol. The predicted molar refractivity (Wildman–Crippen MR) is 76.0 cm³/mol. The summed E-state index contributed by atoms with van der Waals surface area (Å²) in [6.07, 6.45) is -0.553. The zero-order chi connectivity index (χ0) is 15.3. The summed E-state index contributed by atoms with van der Waals surface area (Å²) in [5.41, 5.74) is -0.567. The molecule has 0 spiro atoms. The zero-order valence-electron chi connectivity index (χ0n) is 11.4. The lowest BCUT2D eigenvalue weighted by atomic mass is 10.2. The van der Waals surface area contributed by atoms with Gasteiger partial charge in [0, 0.05) is 6.07 Å². The van der Waals surface area contributed by atoms with E-state index in [1.54, 1.807) is 20.8 Å². The van der Waals surface area contributed by atoms with Crippen LogP contribution in [0, 0.1) is 0 Å². The SMILES string of the molecule is CC(C)(C)OC(=O)NCCOc1cc(Cl)sc1C(=O)O. The number of halogens is 1. The molecule has 0 atom stereocenters. The molecule has 0 unspecified atom stereocenters. The first-order valence-corrected chi connectivity index (χ1v) is 7.01. The van der Waals surface area contributed by atoms with Gasteiger partial charge in [0.05, 0.1) is 10.9 Å². The Bertz CT molecular complexity index is 495. The number of hydrogen-bond donors (Lipinski definition) is 2. The highest BCUT2D eigenvalue weighted by Gasteiger charge is 2.17. The molecule has 0 aliphatic heterocycles. The predicted octanol–water partition coefficient (Wildman–Crippen LogP) is 3.00.